The van der Waals surface area contributed by atoms with E-state index >= 15 is 0 Å². The van der Waals surface area contributed by atoms with Crippen molar-refractivity contribution in [3.8, 4) is 0 Å². The Morgan fingerprint density at radius 1 is 1.38 bits per heavy atom. The van der Waals surface area contributed by atoms with E-state index < -0.39 is 17.6 Å². The van der Waals surface area contributed by atoms with Crippen molar-refractivity contribution in [3.05, 3.63) is 34.9 Å². The molecule has 0 atom stereocenters. The number of carbonyl (C=O) groups is 1. The number of aromatic carboxylic acids is 1. The van der Waals surface area contributed by atoms with Crippen LogP contribution < -0.4 is 0 Å². The van der Waals surface area contributed by atoms with Gasteiger partial charge in [0.05, 0.1) is 5.56 Å². The average molecular weight is 186 g/mol. The van der Waals surface area contributed by atoms with Gasteiger partial charge in [-0.25, -0.2) is 13.6 Å². The molecular weight excluding hydrogens is 178 g/mol. The highest BCUT2D eigenvalue weighted by atomic mass is 19.1. The zero-order chi connectivity index (χ0) is 10.0. The first kappa shape index (κ1) is 9.64. The Bertz CT molecular complexity index is 324. The normalized spacial score (nSPS) is 10.1. The second kappa shape index (κ2) is 3.51. The molecule has 1 aromatic rings. The molecule has 0 fully saturated rings. The molecule has 0 unspecified atom stereocenters. The van der Waals surface area contributed by atoms with Crippen LogP contribution in [0.3, 0.4) is 0 Å². The highest BCUT2D eigenvalue weighted by Gasteiger charge is 2.12. The van der Waals surface area contributed by atoms with Crippen LogP contribution in [0.5, 0.6) is 0 Å². The molecule has 13 heavy (non-hydrogen) atoms. The number of carboxylic acid groups (broad SMARTS) is 1. The van der Waals surface area contributed by atoms with E-state index in [0.29, 0.717) is 0 Å². The predicted octanol–water partition coefficient (Wildman–Crippen LogP) is 2.23. The third-order valence-electron chi connectivity index (χ3n) is 1.74. The summed E-state index contributed by atoms with van der Waals surface area (Å²) in [6.07, 6.45) is 0.206. The summed E-state index contributed by atoms with van der Waals surface area (Å²) in [6.45, 7) is 1.60. The van der Waals surface area contributed by atoms with E-state index in [1.54, 1.807) is 6.92 Å². The first-order valence-corrected chi connectivity index (χ1v) is 3.77. The second-order valence-electron chi connectivity index (χ2n) is 2.58. The van der Waals surface area contributed by atoms with Crippen molar-refractivity contribution in [2.75, 3.05) is 0 Å². The lowest BCUT2D eigenvalue weighted by Crippen LogP contribution is -2.02. The van der Waals surface area contributed by atoms with Crippen LogP contribution in [0.1, 0.15) is 22.8 Å². The fourth-order valence-electron chi connectivity index (χ4n) is 1.06. The first-order chi connectivity index (χ1) is 6.06. The second-order valence-corrected chi connectivity index (χ2v) is 2.58. The molecule has 0 aliphatic carbocycles. The van der Waals surface area contributed by atoms with Gasteiger partial charge in [0.25, 0.3) is 0 Å². The first-order valence-electron chi connectivity index (χ1n) is 3.77. The van der Waals surface area contributed by atoms with E-state index in [-0.39, 0.29) is 17.5 Å². The molecule has 1 aromatic carbocycles. The number of rotatable bonds is 2. The molecule has 0 aromatic heterocycles. The van der Waals surface area contributed by atoms with Gasteiger partial charge >= 0.3 is 5.97 Å². The predicted molar refractivity (Wildman–Crippen MR) is 42.7 cm³/mol. The van der Waals surface area contributed by atoms with Crippen molar-refractivity contribution < 1.29 is 18.7 Å². The topological polar surface area (TPSA) is 37.3 Å². The Labute approximate surface area is 73.8 Å². The van der Waals surface area contributed by atoms with Gasteiger partial charge in [-0.3, -0.25) is 0 Å². The Morgan fingerprint density at radius 3 is 2.15 bits per heavy atom. The maximum Gasteiger partial charge on any atom is 0.335 e. The summed E-state index contributed by atoms with van der Waals surface area (Å²) < 4.78 is 25.9. The number of benzene rings is 1. The summed E-state index contributed by atoms with van der Waals surface area (Å²) in [7, 11) is 0. The molecule has 2 nitrogen and oxygen atoms in total. The summed E-state index contributed by atoms with van der Waals surface area (Å²) in [5, 5.41) is 8.46. The van der Waals surface area contributed by atoms with E-state index in [2.05, 4.69) is 0 Å². The molecule has 0 radical (unpaired) electrons. The molecule has 0 aliphatic rings. The number of halogens is 2. The molecule has 4 heteroatoms. The Hall–Kier alpha value is -1.45. The minimum absolute atomic E-state index is 0.0787. The van der Waals surface area contributed by atoms with Gasteiger partial charge in [0.15, 0.2) is 0 Å². The lowest BCUT2D eigenvalue weighted by Gasteiger charge is -2.02. The van der Waals surface area contributed by atoms with Crippen molar-refractivity contribution in [1.82, 2.24) is 0 Å². The van der Waals surface area contributed by atoms with Crippen LogP contribution in [-0.4, -0.2) is 11.1 Å². The van der Waals surface area contributed by atoms with Gasteiger partial charge in [-0.1, -0.05) is 6.92 Å². The molecule has 0 saturated carbocycles. The molecule has 0 heterocycles. The number of hydrogen-bond acceptors (Lipinski definition) is 1. The van der Waals surface area contributed by atoms with Crippen LogP contribution in [-0.2, 0) is 6.42 Å². The van der Waals surface area contributed by atoms with Gasteiger partial charge in [-0.15, -0.1) is 0 Å². The standard InChI is InChI=1S/C9H8F2O2/c1-2-6-7(10)3-5(9(12)13)4-8(6)11/h3-4H,2H2,1H3,(H,12,13). The van der Waals surface area contributed by atoms with Gasteiger partial charge < -0.3 is 5.11 Å². The molecule has 0 bridgehead atoms. The zero-order valence-electron chi connectivity index (χ0n) is 6.97. The van der Waals surface area contributed by atoms with Crippen molar-refractivity contribution in [2.45, 2.75) is 13.3 Å². The molecular formula is C9H8F2O2. The van der Waals surface area contributed by atoms with Crippen molar-refractivity contribution in [2.24, 2.45) is 0 Å². The van der Waals surface area contributed by atoms with Crippen molar-refractivity contribution in [3.63, 3.8) is 0 Å². The quantitative estimate of drug-likeness (QED) is 0.768. The summed E-state index contributed by atoms with van der Waals surface area (Å²) in [4.78, 5) is 10.4. The average Bonchev–Trinajstić information content (AvgIpc) is 2.03. The SMILES string of the molecule is CCc1c(F)cc(C(=O)O)cc1F. The van der Waals surface area contributed by atoms with Crippen LogP contribution in [0.4, 0.5) is 8.78 Å². The number of carboxylic acids is 1. The molecule has 0 aliphatic heterocycles. The monoisotopic (exact) mass is 186 g/mol. The Balaban J connectivity index is 3.28. The highest BCUT2D eigenvalue weighted by Crippen LogP contribution is 2.15. The highest BCUT2D eigenvalue weighted by molar-refractivity contribution is 5.87. The van der Waals surface area contributed by atoms with Crippen LogP contribution in [0.15, 0.2) is 12.1 Å². The molecule has 1 N–H and O–H groups in total. The maximum absolute atomic E-state index is 13.0. The Kier molecular flexibility index (Phi) is 2.60. The minimum atomic E-state index is -1.33. The minimum Gasteiger partial charge on any atom is -0.478 e. The lowest BCUT2D eigenvalue weighted by atomic mass is 10.1. The van der Waals surface area contributed by atoms with E-state index in [4.69, 9.17) is 5.11 Å². The smallest absolute Gasteiger partial charge is 0.335 e. The molecule has 0 saturated heterocycles. The van der Waals surface area contributed by atoms with E-state index in [0.717, 1.165) is 12.1 Å². The molecule has 0 spiro atoms. The summed E-state index contributed by atoms with van der Waals surface area (Å²) in [5.41, 5.74) is -0.447. The largest absolute Gasteiger partial charge is 0.478 e. The van der Waals surface area contributed by atoms with Crippen LogP contribution in [0.2, 0.25) is 0 Å². The summed E-state index contributed by atoms with van der Waals surface area (Å²) in [5.74, 6) is -2.94. The van der Waals surface area contributed by atoms with Gasteiger partial charge in [0, 0.05) is 5.56 Å². The van der Waals surface area contributed by atoms with Gasteiger partial charge in [-0.2, -0.15) is 0 Å². The third-order valence-corrected chi connectivity index (χ3v) is 1.74. The van der Waals surface area contributed by atoms with Crippen molar-refractivity contribution >= 4 is 5.97 Å². The van der Waals surface area contributed by atoms with Gasteiger partial charge in [0.1, 0.15) is 11.6 Å². The molecule has 70 valence electrons. The summed E-state index contributed by atoms with van der Waals surface area (Å²) >= 11 is 0. The molecule has 0 amide bonds. The van der Waals surface area contributed by atoms with E-state index in [9.17, 15) is 13.6 Å². The maximum atomic E-state index is 13.0. The molecule has 1 rings (SSSR count). The van der Waals surface area contributed by atoms with E-state index in [1.165, 1.54) is 0 Å². The van der Waals surface area contributed by atoms with E-state index in [1.807, 2.05) is 0 Å². The van der Waals surface area contributed by atoms with Crippen LogP contribution >= 0.6 is 0 Å². The fourth-order valence-corrected chi connectivity index (χ4v) is 1.06. The lowest BCUT2D eigenvalue weighted by molar-refractivity contribution is 0.0695. The fraction of sp³-hybridized carbons (Fsp3) is 0.222. The van der Waals surface area contributed by atoms with Gasteiger partial charge in [0.2, 0.25) is 0 Å². The zero-order valence-corrected chi connectivity index (χ0v) is 6.97. The van der Waals surface area contributed by atoms with Crippen LogP contribution in [0, 0.1) is 11.6 Å². The van der Waals surface area contributed by atoms with Gasteiger partial charge in [-0.05, 0) is 18.6 Å². The van der Waals surface area contributed by atoms with Crippen LogP contribution in [0.25, 0.3) is 0 Å². The van der Waals surface area contributed by atoms with Crippen molar-refractivity contribution in [1.29, 1.82) is 0 Å². The number of hydrogen-bond donors (Lipinski definition) is 1. The summed E-state index contributed by atoms with van der Waals surface area (Å²) in [6, 6.07) is 1.65. The third kappa shape index (κ3) is 1.83. The Morgan fingerprint density at radius 2 is 1.85 bits per heavy atom.